The first-order valence-electron chi connectivity index (χ1n) is 9.71. The molecule has 2 heterocycles. The summed E-state index contributed by atoms with van der Waals surface area (Å²) in [6.45, 7) is 1.82. The first-order valence-corrected chi connectivity index (χ1v) is 11.3. The number of rotatable bonds is 6. The monoisotopic (exact) mass is 475 g/mol. The summed E-state index contributed by atoms with van der Waals surface area (Å²) < 4.78 is 5.56. The lowest BCUT2D eigenvalue weighted by atomic mass is 10.1. The maximum absolute atomic E-state index is 12.7. The molecule has 0 aliphatic carbocycles. The maximum Gasteiger partial charge on any atom is 0.265 e. The molecule has 2 amide bonds. The lowest BCUT2D eigenvalue weighted by Gasteiger charge is -2.29. The lowest BCUT2D eigenvalue weighted by molar-refractivity contribution is -0.123. The molecule has 0 fully saturated rings. The van der Waals surface area contributed by atoms with Gasteiger partial charge in [0.25, 0.3) is 5.91 Å². The number of benzene rings is 2. The summed E-state index contributed by atoms with van der Waals surface area (Å²) in [6, 6.07) is 10.3. The van der Waals surface area contributed by atoms with Crippen LogP contribution in [0.2, 0.25) is 10.0 Å². The first kappa shape index (κ1) is 21.6. The summed E-state index contributed by atoms with van der Waals surface area (Å²) >= 11 is 13.6. The molecule has 160 valence electrons. The molecule has 1 N–H and O–H groups in total. The SMILES string of the molecule is CCCc1nc(-c2ccc3c(c2)N(CC(=O)Nc2ccc(Cl)cc2Cl)C(=O)CO3)cs1. The van der Waals surface area contributed by atoms with E-state index >= 15 is 0 Å². The fourth-order valence-corrected chi connectivity index (χ4v) is 4.60. The van der Waals surface area contributed by atoms with Crippen LogP contribution in [0.15, 0.2) is 41.8 Å². The number of anilines is 2. The van der Waals surface area contributed by atoms with Gasteiger partial charge in [0, 0.05) is 16.0 Å². The van der Waals surface area contributed by atoms with Crippen LogP contribution >= 0.6 is 34.5 Å². The van der Waals surface area contributed by atoms with Crippen LogP contribution in [0.5, 0.6) is 5.75 Å². The number of hydrogen-bond donors (Lipinski definition) is 1. The van der Waals surface area contributed by atoms with E-state index in [1.54, 1.807) is 35.6 Å². The molecule has 31 heavy (non-hydrogen) atoms. The molecule has 0 saturated heterocycles. The van der Waals surface area contributed by atoms with E-state index in [-0.39, 0.29) is 25.0 Å². The number of carbonyl (C=O) groups is 2. The third kappa shape index (κ3) is 4.84. The number of carbonyl (C=O) groups excluding carboxylic acids is 2. The third-order valence-electron chi connectivity index (χ3n) is 4.72. The Bertz CT molecular complexity index is 1150. The van der Waals surface area contributed by atoms with E-state index < -0.39 is 0 Å². The summed E-state index contributed by atoms with van der Waals surface area (Å²) in [7, 11) is 0. The number of fused-ring (bicyclic) bond motifs is 1. The highest BCUT2D eigenvalue weighted by Crippen LogP contribution is 2.36. The molecule has 0 atom stereocenters. The van der Waals surface area contributed by atoms with Crippen molar-refractivity contribution >= 4 is 57.7 Å². The number of thiazole rings is 1. The zero-order valence-electron chi connectivity index (χ0n) is 16.7. The molecule has 2 aromatic carbocycles. The summed E-state index contributed by atoms with van der Waals surface area (Å²) in [5, 5.41) is 6.58. The molecule has 0 radical (unpaired) electrons. The predicted molar refractivity (Wildman–Crippen MR) is 124 cm³/mol. The van der Waals surface area contributed by atoms with Gasteiger partial charge in [-0.25, -0.2) is 4.98 Å². The molecule has 9 heteroatoms. The number of nitrogens with one attached hydrogen (secondary N) is 1. The smallest absolute Gasteiger partial charge is 0.265 e. The molecule has 4 rings (SSSR count). The van der Waals surface area contributed by atoms with Crippen LogP contribution in [0.3, 0.4) is 0 Å². The zero-order chi connectivity index (χ0) is 22.0. The Balaban J connectivity index is 1.57. The summed E-state index contributed by atoms with van der Waals surface area (Å²) in [6.07, 6.45) is 1.96. The van der Waals surface area contributed by atoms with E-state index in [0.29, 0.717) is 27.2 Å². The molecule has 6 nitrogen and oxygen atoms in total. The maximum atomic E-state index is 12.7. The van der Waals surface area contributed by atoms with E-state index in [2.05, 4.69) is 17.2 Å². The van der Waals surface area contributed by atoms with Gasteiger partial charge in [-0.2, -0.15) is 0 Å². The van der Waals surface area contributed by atoms with Crippen molar-refractivity contribution in [1.29, 1.82) is 0 Å². The molecule has 1 aliphatic heterocycles. The highest BCUT2D eigenvalue weighted by Gasteiger charge is 2.28. The average Bonchev–Trinajstić information content (AvgIpc) is 3.21. The van der Waals surface area contributed by atoms with Gasteiger partial charge in [-0.05, 0) is 49.2 Å². The van der Waals surface area contributed by atoms with Gasteiger partial charge >= 0.3 is 0 Å². The Morgan fingerprint density at radius 1 is 1.26 bits per heavy atom. The van der Waals surface area contributed by atoms with Crippen LogP contribution in [0.4, 0.5) is 11.4 Å². The van der Waals surface area contributed by atoms with Crippen molar-refractivity contribution in [3.63, 3.8) is 0 Å². The lowest BCUT2D eigenvalue weighted by Crippen LogP contribution is -2.43. The van der Waals surface area contributed by atoms with Crippen molar-refractivity contribution in [3.8, 4) is 17.0 Å². The predicted octanol–water partition coefficient (Wildman–Crippen LogP) is 5.43. The Morgan fingerprint density at radius 3 is 2.87 bits per heavy atom. The van der Waals surface area contributed by atoms with Crippen molar-refractivity contribution in [2.45, 2.75) is 19.8 Å². The summed E-state index contributed by atoms with van der Waals surface area (Å²) in [5.74, 6) is -0.133. The average molecular weight is 476 g/mol. The van der Waals surface area contributed by atoms with Crippen LogP contribution in [0.25, 0.3) is 11.3 Å². The summed E-state index contributed by atoms with van der Waals surface area (Å²) in [4.78, 5) is 31.3. The minimum Gasteiger partial charge on any atom is -0.482 e. The largest absolute Gasteiger partial charge is 0.482 e. The molecular weight excluding hydrogens is 457 g/mol. The van der Waals surface area contributed by atoms with Gasteiger partial charge in [-0.1, -0.05) is 30.1 Å². The van der Waals surface area contributed by atoms with Crippen LogP contribution in [-0.4, -0.2) is 29.9 Å². The second kappa shape index (κ2) is 9.26. The normalized spacial score (nSPS) is 13.0. The highest BCUT2D eigenvalue weighted by atomic mass is 35.5. The zero-order valence-corrected chi connectivity index (χ0v) is 19.0. The minimum absolute atomic E-state index is 0.126. The Kier molecular flexibility index (Phi) is 6.46. The van der Waals surface area contributed by atoms with Crippen LogP contribution in [0, 0.1) is 0 Å². The molecule has 0 saturated carbocycles. The molecular formula is C22H19Cl2N3O3S. The molecule has 0 bridgehead atoms. The second-order valence-electron chi connectivity index (χ2n) is 7.00. The van der Waals surface area contributed by atoms with E-state index in [0.717, 1.165) is 29.1 Å². The number of aryl methyl sites for hydroxylation is 1. The molecule has 1 aromatic heterocycles. The van der Waals surface area contributed by atoms with Crippen LogP contribution < -0.4 is 15.0 Å². The number of hydrogen-bond acceptors (Lipinski definition) is 5. The summed E-state index contributed by atoms with van der Waals surface area (Å²) in [5.41, 5.74) is 2.67. The van der Waals surface area contributed by atoms with Crippen molar-refractivity contribution in [2.24, 2.45) is 0 Å². The second-order valence-corrected chi connectivity index (χ2v) is 8.79. The topological polar surface area (TPSA) is 71.5 Å². The van der Waals surface area contributed by atoms with Gasteiger partial charge in [-0.15, -0.1) is 11.3 Å². The van der Waals surface area contributed by atoms with Crippen molar-refractivity contribution < 1.29 is 14.3 Å². The van der Waals surface area contributed by atoms with Crippen LogP contribution in [0.1, 0.15) is 18.4 Å². The number of amides is 2. The number of aromatic nitrogens is 1. The minimum atomic E-state index is -0.380. The third-order valence-corrected chi connectivity index (χ3v) is 6.18. The van der Waals surface area contributed by atoms with Gasteiger partial charge in [0.15, 0.2) is 6.61 Å². The number of ether oxygens (including phenoxy) is 1. The fourth-order valence-electron chi connectivity index (χ4n) is 3.23. The van der Waals surface area contributed by atoms with Gasteiger partial charge in [0.05, 0.1) is 27.1 Å². The van der Waals surface area contributed by atoms with Crippen molar-refractivity contribution in [2.75, 3.05) is 23.4 Å². The Labute approximate surface area is 193 Å². The van der Waals surface area contributed by atoms with Crippen molar-refractivity contribution in [1.82, 2.24) is 4.98 Å². The molecule has 0 unspecified atom stereocenters. The fraction of sp³-hybridized carbons (Fsp3) is 0.227. The first-order chi connectivity index (χ1) is 14.9. The quantitative estimate of drug-likeness (QED) is 0.515. The number of nitrogens with zero attached hydrogens (tertiary/aromatic N) is 2. The van der Waals surface area contributed by atoms with Crippen LogP contribution in [-0.2, 0) is 16.0 Å². The van der Waals surface area contributed by atoms with E-state index in [9.17, 15) is 9.59 Å². The van der Waals surface area contributed by atoms with E-state index in [4.69, 9.17) is 27.9 Å². The van der Waals surface area contributed by atoms with E-state index in [1.165, 1.54) is 4.90 Å². The van der Waals surface area contributed by atoms with Gasteiger partial charge in [0.1, 0.15) is 12.3 Å². The molecule has 0 spiro atoms. The Morgan fingerprint density at radius 2 is 2.10 bits per heavy atom. The number of halogens is 2. The molecule has 1 aliphatic rings. The highest BCUT2D eigenvalue weighted by molar-refractivity contribution is 7.09. The van der Waals surface area contributed by atoms with Gasteiger partial charge < -0.3 is 10.1 Å². The van der Waals surface area contributed by atoms with Gasteiger partial charge in [0.2, 0.25) is 5.91 Å². The van der Waals surface area contributed by atoms with Crippen molar-refractivity contribution in [3.05, 3.63) is 56.8 Å². The van der Waals surface area contributed by atoms with Gasteiger partial charge in [-0.3, -0.25) is 14.5 Å². The standard InChI is InChI=1S/C22H19Cl2N3O3S/c1-2-3-21-26-17(12-31-21)13-4-7-19-18(8-13)27(22(29)11-30-19)10-20(28)25-16-6-5-14(23)9-15(16)24/h4-9,12H,2-3,10-11H2,1H3,(H,25,28). The van der Waals surface area contributed by atoms with E-state index in [1.807, 2.05) is 17.5 Å². The molecule has 3 aromatic rings. The Hall–Kier alpha value is -2.61.